The van der Waals surface area contributed by atoms with Gasteiger partial charge < -0.3 is 9.15 Å². The largest absolute Gasteiger partial charge is 0.497 e. The molecule has 1 heterocycles. The average molecular weight is 260 g/mol. The molecule has 19 heavy (non-hydrogen) atoms. The number of ether oxygens (including phenoxy) is 1. The van der Waals surface area contributed by atoms with E-state index in [4.69, 9.17) is 9.15 Å². The first-order valence-electron chi connectivity index (χ1n) is 6.60. The highest BCUT2D eigenvalue weighted by Crippen LogP contribution is 2.34. The minimum atomic E-state index is -0.306. The Labute approximate surface area is 113 Å². The highest BCUT2D eigenvalue weighted by Gasteiger charge is 2.23. The molecule has 1 aromatic heterocycles. The van der Waals surface area contributed by atoms with E-state index in [1.54, 1.807) is 19.2 Å². The van der Waals surface area contributed by atoms with Crippen LogP contribution in [0, 0.1) is 0 Å². The predicted molar refractivity (Wildman–Crippen MR) is 77.0 cm³/mol. The molecule has 0 aliphatic carbocycles. The van der Waals surface area contributed by atoms with Crippen LogP contribution in [0.25, 0.3) is 11.0 Å². The summed E-state index contributed by atoms with van der Waals surface area (Å²) < 4.78 is 10.5. The molecule has 1 aromatic carbocycles. The number of methoxy groups -OCH3 is 1. The summed E-state index contributed by atoms with van der Waals surface area (Å²) in [4.78, 5) is 11.7. The van der Waals surface area contributed by atoms with E-state index in [9.17, 15) is 4.79 Å². The van der Waals surface area contributed by atoms with Crippen molar-refractivity contribution < 1.29 is 9.15 Å². The highest BCUT2D eigenvalue weighted by atomic mass is 16.5. The summed E-state index contributed by atoms with van der Waals surface area (Å²) in [6.07, 6.45) is 2.10. The lowest BCUT2D eigenvalue weighted by atomic mass is 9.79. The SMILES string of the molecule is CCCC(C)(C)c1cc(=O)oc2cc(OC)ccc12. The van der Waals surface area contributed by atoms with Crippen LogP contribution in [0.5, 0.6) is 5.75 Å². The van der Waals surface area contributed by atoms with E-state index in [1.807, 2.05) is 12.1 Å². The molecule has 0 amide bonds. The molecule has 0 saturated heterocycles. The Balaban J connectivity index is 2.70. The number of hydrogen-bond acceptors (Lipinski definition) is 3. The summed E-state index contributed by atoms with van der Waals surface area (Å²) in [5, 5.41) is 0.985. The third-order valence-electron chi connectivity index (χ3n) is 3.56. The highest BCUT2D eigenvalue weighted by molar-refractivity contribution is 5.82. The molecular weight excluding hydrogens is 240 g/mol. The first-order valence-corrected chi connectivity index (χ1v) is 6.60. The second-order valence-electron chi connectivity index (χ2n) is 5.48. The fourth-order valence-electron chi connectivity index (χ4n) is 2.59. The van der Waals surface area contributed by atoms with Gasteiger partial charge in [0.15, 0.2) is 0 Å². The second kappa shape index (κ2) is 5.08. The van der Waals surface area contributed by atoms with Crippen molar-refractivity contribution in [2.45, 2.75) is 39.0 Å². The van der Waals surface area contributed by atoms with Crippen LogP contribution in [-0.4, -0.2) is 7.11 Å². The molecule has 0 unspecified atom stereocenters. The van der Waals surface area contributed by atoms with Crippen molar-refractivity contribution >= 4 is 11.0 Å². The van der Waals surface area contributed by atoms with Crippen LogP contribution in [0.15, 0.2) is 33.5 Å². The summed E-state index contributed by atoms with van der Waals surface area (Å²) in [6, 6.07) is 7.24. The third-order valence-corrected chi connectivity index (χ3v) is 3.56. The quantitative estimate of drug-likeness (QED) is 0.783. The van der Waals surface area contributed by atoms with Crippen molar-refractivity contribution in [2.75, 3.05) is 7.11 Å². The Bertz CT molecular complexity index is 638. The molecule has 2 aromatic rings. The number of hydrogen-bond donors (Lipinski definition) is 0. The first kappa shape index (κ1) is 13.7. The Hall–Kier alpha value is -1.77. The van der Waals surface area contributed by atoms with E-state index in [1.165, 1.54) is 0 Å². The molecule has 0 N–H and O–H groups in total. The van der Waals surface area contributed by atoms with E-state index < -0.39 is 0 Å². The minimum absolute atomic E-state index is 0.0441. The van der Waals surface area contributed by atoms with Gasteiger partial charge in [-0.3, -0.25) is 0 Å². The maximum absolute atomic E-state index is 11.7. The van der Waals surface area contributed by atoms with E-state index >= 15 is 0 Å². The van der Waals surface area contributed by atoms with Gasteiger partial charge in [0, 0.05) is 17.5 Å². The standard InChI is InChI=1S/C16H20O3/c1-5-8-16(2,3)13-10-15(17)19-14-9-11(18-4)6-7-12(13)14/h6-7,9-10H,5,8H2,1-4H3. The van der Waals surface area contributed by atoms with Gasteiger partial charge in [-0.25, -0.2) is 4.79 Å². The smallest absolute Gasteiger partial charge is 0.336 e. The lowest BCUT2D eigenvalue weighted by Crippen LogP contribution is -2.19. The molecule has 0 bridgehead atoms. The zero-order valence-corrected chi connectivity index (χ0v) is 11.9. The predicted octanol–water partition coefficient (Wildman–Crippen LogP) is 3.88. The van der Waals surface area contributed by atoms with E-state index in [0.29, 0.717) is 11.3 Å². The lowest BCUT2D eigenvalue weighted by Gasteiger charge is -2.25. The molecule has 0 atom stereocenters. The van der Waals surface area contributed by atoms with Crippen molar-refractivity contribution in [1.29, 1.82) is 0 Å². The van der Waals surface area contributed by atoms with E-state index in [0.717, 1.165) is 23.8 Å². The van der Waals surface area contributed by atoms with Crippen molar-refractivity contribution in [3.05, 3.63) is 40.2 Å². The normalized spacial score (nSPS) is 11.8. The van der Waals surface area contributed by atoms with Crippen LogP contribution in [0.1, 0.15) is 39.2 Å². The summed E-state index contributed by atoms with van der Waals surface area (Å²) in [7, 11) is 1.60. The number of benzene rings is 1. The van der Waals surface area contributed by atoms with Crippen LogP contribution in [-0.2, 0) is 5.41 Å². The molecule has 0 aliphatic heterocycles. The fourth-order valence-corrected chi connectivity index (χ4v) is 2.59. The summed E-state index contributed by atoms with van der Waals surface area (Å²) in [6.45, 7) is 6.47. The molecule has 102 valence electrons. The minimum Gasteiger partial charge on any atom is -0.497 e. The van der Waals surface area contributed by atoms with Gasteiger partial charge in [-0.15, -0.1) is 0 Å². The zero-order chi connectivity index (χ0) is 14.0. The van der Waals surface area contributed by atoms with Crippen molar-refractivity contribution in [3.8, 4) is 5.75 Å². The van der Waals surface area contributed by atoms with Gasteiger partial charge in [0.05, 0.1) is 7.11 Å². The van der Waals surface area contributed by atoms with Crippen molar-refractivity contribution in [3.63, 3.8) is 0 Å². The van der Waals surface area contributed by atoms with Crippen molar-refractivity contribution in [1.82, 2.24) is 0 Å². The molecule has 0 aliphatic rings. The van der Waals surface area contributed by atoms with Gasteiger partial charge in [-0.2, -0.15) is 0 Å². The molecule has 3 heteroatoms. The molecule has 0 radical (unpaired) electrons. The van der Waals surface area contributed by atoms with Crippen LogP contribution < -0.4 is 10.4 Å². The maximum atomic E-state index is 11.7. The summed E-state index contributed by atoms with van der Waals surface area (Å²) in [5.74, 6) is 0.695. The topological polar surface area (TPSA) is 39.4 Å². The molecule has 3 nitrogen and oxygen atoms in total. The van der Waals surface area contributed by atoms with Crippen LogP contribution in [0.3, 0.4) is 0 Å². The Morgan fingerprint density at radius 2 is 2.00 bits per heavy atom. The second-order valence-corrected chi connectivity index (χ2v) is 5.48. The van der Waals surface area contributed by atoms with E-state index in [-0.39, 0.29) is 11.0 Å². The Kier molecular flexibility index (Phi) is 3.65. The summed E-state index contributed by atoms with van der Waals surface area (Å²) >= 11 is 0. The van der Waals surface area contributed by atoms with Gasteiger partial charge in [0.25, 0.3) is 0 Å². The monoisotopic (exact) mass is 260 g/mol. The summed E-state index contributed by atoms with van der Waals surface area (Å²) in [5.41, 5.74) is 1.28. The zero-order valence-electron chi connectivity index (χ0n) is 11.9. The number of rotatable bonds is 4. The van der Waals surface area contributed by atoms with E-state index in [2.05, 4.69) is 20.8 Å². The van der Waals surface area contributed by atoms with Crippen LogP contribution >= 0.6 is 0 Å². The molecule has 2 rings (SSSR count). The van der Waals surface area contributed by atoms with Crippen LogP contribution in [0.2, 0.25) is 0 Å². The first-order chi connectivity index (χ1) is 8.97. The molecular formula is C16H20O3. The van der Waals surface area contributed by atoms with Gasteiger partial charge in [-0.05, 0) is 29.5 Å². The Morgan fingerprint density at radius 3 is 2.63 bits per heavy atom. The van der Waals surface area contributed by atoms with Gasteiger partial charge in [-0.1, -0.05) is 27.2 Å². The lowest BCUT2D eigenvalue weighted by molar-refractivity contribution is 0.413. The third kappa shape index (κ3) is 2.65. The fraction of sp³-hybridized carbons (Fsp3) is 0.438. The van der Waals surface area contributed by atoms with Gasteiger partial charge >= 0.3 is 5.63 Å². The maximum Gasteiger partial charge on any atom is 0.336 e. The average Bonchev–Trinajstić information content (AvgIpc) is 2.36. The van der Waals surface area contributed by atoms with Gasteiger partial charge in [0.1, 0.15) is 11.3 Å². The van der Waals surface area contributed by atoms with Crippen LogP contribution in [0.4, 0.5) is 0 Å². The van der Waals surface area contributed by atoms with Gasteiger partial charge in [0.2, 0.25) is 0 Å². The molecule has 0 fully saturated rings. The Morgan fingerprint density at radius 1 is 1.26 bits per heavy atom. The number of fused-ring (bicyclic) bond motifs is 1. The molecule has 0 spiro atoms. The molecule has 0 saturated carbocycles. The van der Waals surface area contributed by atoms with Crippen molar-refractivity contribution in [2.24, 2.45) is 0 Å².